The van der Waals surface area contributed by atoms with Gasteiger partial charge in [-0.2, -0.15) is 0 Å². The average molecular weight is 352 g/mol. The third kappa shape index (κ3) is 4.44. The highest BCUT2D eigenvalue weighted by Gasteiger charge is 2.12. The van der Waals surface area contributed by atoms with E-state index in [-0.39, 0.29) is 5.91 Å². The van der Waals surface area contributed by atoms with Crippen molar-refractivity contribution in [1.29, 1.82) is 0 Å². The molecule has 0 bridgehead atoms. The van der Waals surface area contributed by atoms with Gasteiger partial charge < -0.3 is 15.0 Å². The summed E-state index contributed by atoms with van der Waals surface area (Å²) in [6, 6.07) is 12.3. The minimum atomic E-state index is -0.0130. The van der Waals surface area contributed by atoms with E-state index < -0.39 is 0 Å². The van der Waals surface area contributed by atoms with Gasteiger partial charge in [0.25, 0.3) is 5.91 Å². The molecule has 1 N–H and O–H groups in total. The Kier molecular flexibility index (Phi) is 5.94. The Morgan fingerprint density at radius 2 is 1.65 bits per heavy atom. The number of ether oxygens (including phenoxy) is 1. The Bertz CT molecular complexity index is 739. The van der Waals surface area contributed by atoms with E-state index in [1.807, 2.05) is 24.3 Å². The van der Waals surface area contributed by atoms with Crippen molar-refractivity contribution in [3.8, 4) is 0 Å². The van der Waals surface area contributed by atoms with E-state index in [1.54, 1.807) is 0 Å². The second-order valence-corrected chi connectivity index (χ2v) is 7.03. The SMILES string of the molecule is Cc1cc(C)c(CCNC(=O)c2ccc(N3CCOCC3)cc2)c(C)c1. The number of hydrogen-bond donors (Lipinski definition) is 1. The fourth-order valence-electron chi connectivity index (χ4n) is 3.65. The van der Waals surface area contributed by atoms with Crippen LogP contribution in [0.4, 0.5) is 5.69 Å². The molecule has 0 aromatic heterocycles. The molecule has 0 aliphatic carbocycles. The smallest absolute Gasteiger partial charge is 0.251 e. The molecular formula is C22H28N2O2. The molecule has 1 amide bonds. The van der Waals surface area contributed by atoms with Gasteiger partial charge in [0.1, 0.15) is 0 Å². The molecule has 138 valence electrons. The van der Waals surface area contributed by atoms with Crippen LogP contribution in [0.1, 0.15) is 32.6 Å². The Labute approximate surface area is 156 Å². The number of anilines is 1. The van der Waals surface area contributed by atoms with Crippen LogP contribution in [0.25, 0.3) is 0 Å². The summed E-state index contributed by atoms with van der Waals surface area (Å²) in [5.74, 6) is -0.0130. The minimum absolute atomic E-state index is 0.0130. The summed E-state index contributed by atoms with van der Waals surface area (Å²) in [6.07, 6.45) is 0.857. The van der Waals surface area contributed by atoms with Gasteiger partial charge >= 0.3 is 0 Å². The molecule has 4 nitrogen and oxygen atoms in total. The zero-order chi connectivity index (χ0) is 18.5. The van der Waals surface area contributed by atoms with Gasteiger partial charge in [0.15, 0.2) is 0 Å². The first-order valence-corrected chi connectivity index (χ1v) is 9.32. The summed E-state index contributed by atoms with van der Waals surface area (Å²) in [6.45, 7) is 10.4. The number of nitrogens with zero attached hydrogens (tertiary/aromatic N) is 1. The maximum absolute atomic E-state index is 12.4. The first kappa shape index (κ1) is 18.5. The number of hydrogen-bond acceptors (Lipinski definition) is 3. The summed E-state index contributed by atoms with van der Waals surface area (Å²) in [5.41, 5.74) is 7.07. The van der Waals surface area contributed by atoms with Crippen LogP contribution in [-0.4, -0.2) is 38.8 Å². The molecule has 2 aromatic carbocycles. The first-order chi connectivity index (χ1) is 12.5. The lowest BCUT2D eigenvalue weighted by Crippen LogP contribution is -2.36. The van der Waals surface area contributed by atoms with Gasteiger partial charge in [-0.1, -0.05) is 17.7 Å². The molecule has 26 heavy (non-hydrogen) atoms. The molecule has 1 fully saturated rings. The second kappa shape index (κ2) is 8.37. The Morgan fingerprint density at radius 1 is 1.04 bits per heavy atom. The number of benzene rings is 2. The van der Waals surface area contributed by atoms with E-state index in [4.69, 9.17) is 4.74 Å². The summed E-state index contributed by atoms with van der Waals surface area (Å²) in [4.78, 5) is 14.7. The van der Waals surface area contributed by atoms with E-state index in [9.17, 15) is 4.79 Å². The van der Waals surface area contributed by atoms with E-state index in [1.165, 1.54) is 22.3 Å². The van der Waals surface area contributed by atoms with Crippen LogP contribution in [-0.2, 0) is 11.2 Å². The Hall–Kier alpha value is -2.33. The highest BCUT2D eigenvalue weighted by Crippen LogP contribution is 2.18. The third-order valence-electron chi connectivity index (χ3n) is 5.01. The van der Waals surface area contributed by atoms with Crippen molar-refractivity contribution in [2.75, 3.05) is 37.7 Å². The van der Waals surface area contributed by atoms with Crippen LogP contribution >= 0.6 is 0 Å². The molecule has 0 atom stereocenters. The van der Waals surface area contributed by atoms with Crippen molar-refractivity contribution in [3.05, 3.63) is 64.2 Å². The van der Waals surface area contributed by atoms with Crippen molar-refractivity contribution in [3.63, 3.8) is 0 Å². The average Bonchev–Trinajstić information content (AvgIpc) is 2.64. The van der Waals surface area contributed by atoms with Crippen molar-refractivity contribution in [2.45, 2.75) is 27.2 Å². The van der Waals surface area contributed by atoms with Crippen LogP contribution in [0.15, 0.2) is 36.4 Å². The molecule has 1 saturated heterocycles. The van der Waals surface area contributed by atoms with E-state index >= 15 is 0 Å². The van der Waals surface area contributed by atoms with Gasteiger partial charge in [-0.15, -0.1) is 0 Å². The highest BCUT2D eigenvalue weighted by molar-refractivity contribution is 5.94. The van der Waals surface area contributed by atoms with E-state index in [2.05, 4.69) is 43.1 Å². The predicted molar refractivity (Wildman–Crippen MR) is 106 cm³/mol. The van der Waals surface area contributed by atoms with Crippen LogP contribution in [0.5, 0.6) is 0 Å². The molecule has 0 spiro atoms. The standard InChI is InChI=1S/C22H28N2O2/c1-16-14-17(2)21(18(3)15-16)8-9-23-22(25)19-4-6-20(7-5-19)24-10-12-26-13-11-24/h4-7,14-15H,8-13H2,1-3H3,(H,23,25). The molecule has 3 rings (SSSR count). The van der Waals surface area contributed by atoms with Gasteiger partial charge in [0, 0.05) is 30.9 Å². The second-order valence-electron chi connectivity index (χ2n) is 7.03. The van der Waals surface area contributed by atoms with Crippen LogP contribution < -0.4 is 10.2 Å². The van der Waals surface area contributed by atoms with Crippen molar-refractivity contribution >= 4 is 11.6 Å². The quantitative estimate of drug-likeness (QED) is 0.896. The number of aryl methyl sites for hydroxylation is 3. The van der Waals surface area contributed by atoms with Gasteiger partial charge in [0.05, 0.1) is 13.2 Å². The number of nitrogens with one attached hydrogen (secondary N) is 1. The normalized spacial score (nSPS) is 14.3. The van der Waals surface area contributed by atoms with Gasteiger partial charge in [-0.3, -0.25) is 4.79 Å². The maximum atomic E-state index is 12.4. The lowest BCUT2D eigenvalue weighted by Gasteiger charge is -2.28. The summed E-state index contributed by atoms with van der Waals surface area (Å²) in [5, 5.41) is 3.04. The van der Waals surface area contributed by atoms with Crippen molar-refractivity contribution < 1.29 is 9.53 Å². The molecule has 1 heterocycles. The van der Waals surface area contributed by atoms with Gasteiger partial charge in [-0.25, -0.2) is 0 Å². The number of morpholine rings is 1. The fourth-order valence-corrected chi connectivity index (χ4v) is 3.65. The monoisotopic (exact) mass is 352 g/mol. The lowest BCUT2D eigenvalue weighted by atomic mass is 9.97. The summed E-state index contributed by atoms with van der Waals surface area (Å²) >= 11 is 0. The predicted octanol–water partition coefficient (Wildman–Crippen LogP) is 3.42. The van der Waals surface area contributed by atoms with Crippen molar-refractivity contribution in [1.82, 2.24) is 5.32 Å². The highest BCUT2D eigenvalue weighted by atomic mass is 16.5. The molecule has 1 aliphatic heterocycles. The third-order valence-corrected chi connectivity index (χ3v) is 5.01. The zero-order valence-electron chi connectivity index (χ0n) is 16.0. The minimum Gasteiger partial charge on any atom is -0.378 e. The lowest BCUT2D eigenvalue weighted by molar-refractivity contribution is 0.0954. The fraction of sp³-hybridized carbons (Fsp3) is 0.409. The number of amides is 1. The largest absolute Gasteiger partial charge is 0.378 e. The van der Waals surface area contributed by atoms with Gasteiger partial charge in [-0.05, 0) is 68.1 Å². The van der Waals surface area contributed by atoms with Crippen LogP contribution in [0, 0.1) is 20.8 Å². The molecule has 1 aliphatic rings. The molecule has 4 heteroatoms. The van der Waals surface area contributed by atoms with E-state index in [0.717, 1.165) is 38.4 Å². The molecule has 0 radical (unpaired) electrons. The zero-order valence-corrected chi connectivity index (χ0v) is 16.0. The van der Waals surface area contributed by atoms with Gasteiger partial charge in [0.2, 0.25) is 0 Å². The van der Waals surface area contributed by atoms with Crippen LogP contribution in [0.3, 0.4) is 0 Å². The van der Waals surface area contributed by atoms with Crippen LogP contribution in [0.2, 0.25) is 0 Å². The Balaban J connectivity index is 1.55. The molecule has 0 unspecified atom stereocenters. The topological polar surface area (TPSA) is 41.6 Å². The maximum Gasteiger partial charge on any atom is 0.251 e. The molecule has 2 aromatic rings. The van der Waals surface area contributed by atoms with Crippen molar-refractivity contribution in [2.24, 2.45) is 0 Å². The molecule has 0 saturated carbocycles. The van der Waals surface area contributed by atoms with E-state index in [0.29, 0.717) is 12.1 Å². The molecular weight excluding hydrogens is 324 g/mol. The summed E-state index contributed by atoms with van der Waals surface area (Å²) in [7, 11) is 0. The number of carbonyl (C=O) groups is 1. The first-order valence-electron chi connectivity index (χ1n) is 9.32. The Morgan fingerprint density at radius 3 is 2.27 bits per heavy atom. The number of rotatable bonds is 5. The summed E-state index contributed by atoms with van der Waals surface area (Å²) < 4.78 is 5.38. The number of carbonyl (C=O) groups excluding carboxylic acids is 1.